The number of rotatable bonds is 4. The van der Waals surface area contributed by atoms with Crippen LogP contribution in [0.5, 0.6) is 5.75 Å². The number of hydrogen-bond donors (Lipinski definition) is 1. The molecule has 1 rings (SSSR count). The minimum absolute atomic E-state index is 0.394. The fourth-order valence-electron chi connectivity index (χ4n) is 1.20. The average Bonchev–Trinajstić information content (AvgIpc) is 2.26. The lowest BCUT2D eigenvalue weighted by Crippen LogP contribution is -2.03. The van der Waals surface area contributed by atoms with Gasteiger partial charge >= 0.3 is 0 Å². The van der Waals surface area contributed by atoms with Crippen LogP contribution in [-0.4, -0.2) is 11.7 Å². The highest BCUT2D eigenvalue weighted by atomic mass is 35.5. The maximum absolute atomic E-state index is 9.57. The van der Waals surface area contributed by atoms with E-state index < -0.39 is 6.10 Å². The second-order valence-electron chi connectivity index (χ2n) is 3.60. The summed E-state index contributed by atoms with van der Waals surface area (Å²) in [5, 5.41) is 10.1. The van der Waals surface area contributed by atoms with Gasteiger partial charge in [-0.2, -0.15) is 0 Å². The van der Waals surface area contributed by atoms with Gasteiger partial charge in [0.15, 0.2) is 0 Å². The lowest BCUT2D eigenvalue weighted by Gasteiger charge is -2.13. The van der Waals surface area contributed by atoms with Crippen LogP contribution in [0, 0.1) is 0 Å². The van der Waals surface area contributed by atoms with Crippen molar-refractivity contribution in [3.63, 3.8) is 0 Å². The van der Waals surface area contributed by atoms with E-state index in [0.717, 1.165) is 5.57 Å². The van der Waals surface area contributed by atoms with Crippen molar-refractivity contribution in [1.82, 2.24) is 0 Å². The SMILES string of the molecule is C/C(=C\Cl)COc1ccc(Cl)cc1[C@H](C)O. The molecule has 1 aromatic rings. The van der Waals surface area contributed by atoms with Crippen LogP contribution >= 0.6 is 23.2 Å². The van der Waals surface area contributed by atoms with Crippen molar-refractivity contribution in [3.8, 4) is 5.75 Å². The first kappa shape index (κ1) is 13.4. The van der Waals surface area contributed by atoms with Crippen LogP contribution in [0.15, 0.2) is 29.3 Å². The zero-order valence-electron chi connectivity index (χ0n) is 9.21. The van der Waals surface area contributed by atoms with Crippen LogP contribution in [0.1, 0.15) is 25.5 Å². The molecule has 0 radical (unpaired) electrons. The van der Waals surface area contributed by atoms with Crippen LogP contribution in [-0.2, 0) is 0 Å². The van der Waals surface area contributed by atoms with E-state index in [1.54, 1.807) is 25.1 Å². The molecule has 0 spiro atoms. The lowest BCUT2D eigenvalue weighted by molar-refractivity contribution is 0.192. The van der Waals surface area contributed by atoms with E-state index in [9.17, 15) is 5.11 Å². The number of aliphatic hydroxyl groups excluding tert-OH is 1. The Balaban J connectivity index is 2.87. The molecule has 4 heteroatoms. The smallest absolute Gasteiger partial charge is 0.125 e. The van der Waals surface area contributed by atoms with Gasteiger partial charge in [0.25, 0.3) is 0 Å². The summed E-state index contributed by atoms with van der Waals surface area (Å²) in [6, 6.07) is 5.16. The zero-order valence-corrected chi connectivity index (χ0v) is 10.7. The Hall–Kier alpha value is -0.700. The minimum atomic E-state index is -0.617. The van der Waals surface area contributed by atoms with Crippen LogP contribution in [0.25, 0.3) is 0 Å². The molecule has 0 aliphatic heterocycles. The fraction of sp³-hybridized carbons (Fsp3) is 0.333. The molecule has 0 bridgehead atoms. The molecule has 1 atom stereocenters. The van der Waals surface area contributed by atoms with Gasteiger partial charge in [-0.05, 0) is 37.6 Å². The Morgan fingerprint density at radius 2 is 2.25 bits per heavy atom. The first-order valence-corrected chi connectivity index (χ1v) is 5.72. The number of hydrogen-bond acceptors (Lipinski definition) is 2. The maximum atomic E-state index is 9.57. The van der Waals surface area contributed by atoms with Gasteiger partial charge in [0, 0.05) is 16.1 Å². The van der Waals surface area contributed by atoms with E-state index >= 15 is 0 Å². The predicted octanol–water partition coefficient (Wildman–Crippen LogP) is 3.91. The molecule has 0 aromatic heterocycles. The molecule has 1 aromatic carbocycles. The van der Waals surface area contributed by atoms with E-state index in [1.165, 1.54) is 5.54 Å². The fourth-order valence-corrected chi connectivity index (χ4v) is 1.44. The summed E-state index contributed by atoms with van der Waals surface area (Å²) >= 11 is 11.4. The van der Waals surface area contributed by atoms with E-state index in [4.69, 9.17) is 27.9 Å². The Kier molecular flexibility index (Phi) is 5.13. The topological polar surface area (TPSA) is 29.5 Å². The predicted molar refractivity (Wildman–Crippen MR) is 67.2 cm³/mol. The quantitative estimate of drug-likeness (QED) is 0.890. The van der Waals surface area contributed by atoms with Gasteiger partial charge < -0.3 is 9.84 Å². The van der Waals surface area contributed by atoms with Crippen LogP contribution in [0.3, 0.4) is 0 Å². The van der Waals surface area contributed by atoms with E-state index in [0.29, 0.717) is 22.9 Å². The van der Waals surface area contributed by atoms with Gasteiger partial charge in [0.2, 0.25) is 0 Å². The van der Waals surface area contributed by atoms with Crippen molar-refractivity contribution in [3.05, 3.63) is 39.9 Å². The Labute approximate surface area is 105 Å². The van der Waals surface area contributed by atoms with Crippen molar-refractivity contribution in [2.75, 3.05) is 6.61 Å². The number of benzene rings is 1. The number of halogens is 2. The molecule has 1 N–H and O–H groups in total. The molecule has 0 amide bonds. The third-order valence-corrected chi connectivity index (χ3v) is 2.67. The van der Waals surface area contributed by atoms with Gasteiger partial charge in [-0.1, -0.05) is 23.2 Å². The Morgan fingerprint density at radius 1 is 1.56 bits per heavy atom. The van der Waals surface area contributed by atoms with Crippen molar-refractivity contribution >= 4 is 23.2 Å². The van der Waals surface area contributed by atoms with Gasteiger partial charge in [-0.25, -0.2) is 0 Å². The minimum Gasteiger partial charge on any atom is -0.489 e. The highest BCUT2D eigenvalue weighted by Crippen LogP contribution is 2.28. The largest absolute Gasteiger partial charge is 0.489 e. The van der Waals surface area contributed by atoms with Gasteiger partial charge in [-0.3, -0.25) is 0 Å². The maximum Gasteiger partial charge on any atom is 0.125 e. The summed E-state index contributed by atoms with van der Waals surface area (Å²) in [4.78, 5) is 0. The highest BCUT2D eigenvalue weighted by Gasteiger charge is 2.09. The first-order chi connectivity index (χ1) is 7.54. The molecule has 2 nitrogen and oxygen atoms in total. The number of aliphatic hydroxyl groups is 1. The van der Waals surface area contributed by atoms with Crippen LogP contribution in [0.2, 0.25) is 5.02 Å². The molecule has 0 aliphatic carbocycles. The molecule has 16 heavy (non-hydrogen) atoms. The summed E-state index contributed by atoms with van der Waals surface area (Å²) < 4.78 is 5.53. The van der Waals surface area contributed by atoms with Crippen molar-refractivity contribution in [2.24, 2.45) is 0 Å². The first-order valence-electron chi connectivity index (χ1n) is 4.90. The van der Waals surface area contributed by atoms with Crippen molar-refractivity contribution in [1.29, 1.82) is 0 Å². The number of ether oxygens (including phenoxy) is 1. The van der Waals surface area contributed by atoms with Gasteiger partial charge in [0.05, 0.1) is 6.10 Å². The van der Waals surface area contributed by atoms with Crippen molar-refractivity contribution < 1.29 is 9.84 Å². The normalized spacial score (nSPS) is 13.7. The monoisotopic (exact) mass is 260 g/mol. The third-order valence-electron chi connectivity index (χ3n) is 2.06. The molecule has 0 unspecified atom stereocenters. The van der Waals surface area contributed by atoms with Crippen molar-refractivity contribution in [2.45, 2.75) is 20.0 Å². The summed E-state index contributed by atoms with van der Waals surface area (Å²) in [6.45, 7) is 3.93. The van der Waals surface area contributed by atoms with E-state index in [1.807, 2.05) is 6.92 Å². The highest BCUT2D eigenvalue weighted by molar-refractivity contribution is 6.30. The molecular formula is C12H14Cl2O2. The standard InChI is InChI=1S/C12H14Cl2O2/c1-8(6-13)7-16-12-4-3-10(14)5-11(12)9(2)15/h3-6,9,15H,7H2,1-2H3/b8-6+/t9-/m0/s1. The lowest BCUT2D eigenvalue weighted by atomic mass is 10.1. The second-order valence-corrected chi connectivity index (χ2v) is 4.26. The van der Waals surface area contributed by atoms with E-state index in [-0.39, 0.29) is 0 Å². The summed E-state index contributed by atoms with van der Waals surface area (Å²) in [7, 11) is 0. The Morgan fingerprint density at radius 3 is 2.81 bits per heavy atom. The summed E-state index contributed by atoms with van der Waals surface area (Å²) in [6.07, 6.45) is -0.617. The average molecular weight is 261 g/mol. The molecule has 0 heterocycles. The second kappa shape index (κ2) is 6.14. The Bertz CT molecular complexity index is 387. The molecule has 0 aliphatic rings. The van der Waals surface area contributed by atoms with Gasteiger partial charge in [0.1, 0.15) is 12.4 Å². The molecule has 0 saturated carbocycles. The zero-order chi connectivity index (χ0) is 12.1. The molecule has 0 saturated heterocycles. The van der Waals surface area contributed by atoms with Gasteiger partial charge in [-0.15, -0.1) is 0 Å². The summed E-state index contributed by atoms with van der Waals surface area (Å²) in [5.41, 5.74) is 3.06. The third kappa shape index (κ3) is 3.71. The van der Waals surface area contributed by atoms with Crippen LogP contribution in [0.4, 0.5) is 0 Å². The summed E-state index contributed by atoms with van der Waals surface area (Å²) in [5.74, 6) is 0.622. The molecule has 0 fully saturated rings. The van der Waals surface area contributed by atoms with Crippen LogP contribution < -0.4 is 4.74 Å². The molecular weight excluding hydrogens is 247 g/mol. The molecule has 88 valence electrons. The van der Waals surface area contributed by atoms with E-state index in [2.05, 4.69) is 0 Å².